The summed E-state index contributed by atoms with van der Waals surface area (Å²) < 4.78 is 12.4. The van der Waals surface area contributed by atoms with Crippen LogP contribution in [0.2, 0.25) is 0 Å². The number of nitrogens with zero attached hydrogens (tertiary/aromatic N) is 3. The first kappa shape index (κ1) is 28.5. The third kappa shape index (κ3) is 5.57. The monoisotopic (exact) mass is 611 g/mol. The smallest absolute Gasteiger partial charge is 0.227 e. The Hall–Kier alpha value is -5.94. The molecule has 0 amide bonds. The van der Waals surface area contributed by atoms with Crippen molar-refractivity contribution in [1.82, 2.24) is 9.97 Å². The van der Waals surface area contributed by atoms with Gasteiger partial charge in [0.2, 0.25) is 11.8 Å². The molecule has 0 fully saturated rings. The zero-order chi connectivity index (χ0) is 32.0. The van der Waals surface area contributed by atoms with Gasteiger partial charge < -0.3 is 13.7 Å². The molecule has 0 saturated heterocycles. The van der Waals surface area contributed by atoms with Crippen molar-refractivity contribution >= 4 is 39.3 Å². The number of anilines is 3. The van der Waals surface area contributed by atoms with Crippen molar-refractivity contribution in [1.29, 1.82) is 0 Å². The van der Waals surface area contributed by atoms with Gasteiger partial charge in [-0.05, 0) is 88.8 Å². The minimum atomic E-state index is 0.113. The van der Waals surface area contributed by atoms with Crippen LogP contribution in [0.4, 0.5) is 17.1 Å². The van der Waals surface area contributed by atoms with Gasteiger partial charge in [-0.1, -0.05) is 93.6 Å². The molecule has 8 rings (SSSR count). The molecule has 0 unspecified atom stereocenters. The maximum absolute atomic E-state index is 6.29. The number of aromatic nitrogens is 2. The Morgan fingerprint density at radius 2 is 1.02 bits per heavy atom. The summed E-state index contributed by atoms with van der Waals surface area (Å²) in [6.07, 6.45) is 0. The zero-order valence-electron chi connectivity index (χ0n) is 26.5. The molecule has 0 radical (unpaired) electrons. The van der Waals surface area contributed by atoms with Crippen molar-refractivity contribution in [2.24, 2.45) is 0 Å². The van der Waals surface area contributed by atoms with Crippen LogP contribution >= 0.6 is 0 Å². The molecule has 6 aromatic carbocycles. The predicted octanol–water partition coefficient (Wildman–Crippen LogP) is 11.7. The van der Waals surface area contributed by atoms with Crippen LogP contribution in [0.1, 0.15) is 26.3 Å². The van der Waals surface area contributed by atoms with E-state index in [4.69, 9.17) is 18.8 Å². The third-order valence-corrected chi connectivity index (χ3v) is 8.51. The standard InChI is InChI=1S/C42H33N3O2/c1-42(2,3)32-20-16-28(17-21-32)29-18-22-33(23-19-29)45(34-13-9-12-31(26-34)41-43-36-14-7-8-15-38(36)46-41)35-24-25-37-39(27-35)47-40(44-37)30-10-5-4-6-11-30/h4-27H,1-3H3. The molecule has 228 valence electrons. The van der Waals surface area contributed by atoms with Gasteiger partial charge in [-0.25, -0.2) is 9.97 Å². The topological polar surface area (TPSA) is 55.3 Å². The maximum atomic E-state index is 6.29. The summed E-state index contributed by atoms with van der Waals surface area (Å²) in [6, 6.07) is 49.8. The van der Waals surface area contributed by atoms with Gasteiger partial charge in [0.1, 0.15) is 11.0 Å². The summed E-state index contributed by atoms with van der Waals surface area (Å²) in [5.41, 5.74) is 11.7. The zero-order valence-corrected chi connectivity index (χ0v) is 26.5. The summed E-state index contributed by atoms with van der Waals surface area (Å²) in [6.45, 7) is 6.72. The highest BCUT2D eigenvalue weighted by atomic mass is 16.4. The average Bonchev–Trinajstić information content (AvgIpc) is 3.74. The Morgan fingerprint density at radius 1 is 0.447 bits per heavy atom. The average molecular weight is 612 g/mol. The highest BCUT2D eigenvalue weighted by molar-refractivity contribution is 5.87. The fourth-order valence-corrected chi connectivity index (χ4v) is 5.94. The van der Waals surface area contributed by atoms with Crippen molar-refractivity contribution < 1.29 is 8.83 Å². The Morgan fingerprint density at radius 3 is 1.74 bits per heavy atom. The Labute approximate surface area is 273 Å². The Kier molecular flexibility index (Phi) is 6.95. The number of hydrogen-bond donors (Lipinski definition) is 0. The van der Waals surface area contributed by atoms with Gasteiger partial charge >= 0.3 is 0 Å². The lowest BCUT2D eigenvalue weighted by atomic mass is 9.86. The molecule has 2 aromatic heterocycles. The molecular formula is C42H33N3O2. The van der Waals surface area contributed by atoms with Crippen LogP contribution < -0.4 is 4.90 Å². The van der Waals surface area contributed by atoms with Crippen LogP contribution in [-0.4, -0.2) is 9.97 Å². The maximum Gasteiger partial charge on any atom is 0.227 e. The lowest BCUT2D eigenvalue weighted by Crippen LogP contribution is -2.10. The van der Waals surface area contributed by atoms with Gasteiger partial charge in [-0.3, -0.25) is 0 Å². The molecule has 0 spiro atoms. The van der Waals surface area contributed by atoms with Crippen LogP contribution in [0.15, 0.2) is 154 Å². The number of para-hydroxylation sites is 2. The first-order valence-corrected chi connectivity index (χ1v) is 15.8. The Balaban J connectivity index is 1.21. The molecule has 8 aromatic rings. The molecule has 0 saturated carbocycles. The SMILES string of the molecule is CC(C)(C)c1ccc(-c2ccc(N(c3cccc(-c4nc5ccccc5o4)c3)c3ccc4nc(-c5ccccc5)oc4c3)cc2)cc1. The van der Waals surface area contributed by atoms with Crippen LogP contribution in [0, 0.1) is 0 Å². The minimum absolute atomic E-state index is 0.113. The molecule has 0 bridgehead atoms. The summed E-state index contributed by atoms with van der Waals surface area (Å²) in [4.78, 5) is 11.7. The van der Waals surface area contributed by atoms with Crippen molar-refractivity contribution in [3.05, 3.63) is 151 Å². The number of fused-ring (bicyclic) bond motifs is 2. The van der Waals surface area contributed by atoms with E-state index in [0.29, 0.717) is 11.8 Å². The number of rotatable bonds is 6. The van der Waals surface area contributed by atoms with E-state index >= 15 is 0 Å². The fourth-order valence-electron chi connectivity index (χ4n) is 5.94. The van der Waals surface area contributed by atoms with E-state index in [1.54, 1.807) is 0 Å². The van der Waals surface area contributed by atoms with Crippen LogP contribution in [-0.2, 0) is 5.41 Å². The number of hydrogen-bond acceptors (Lipinski definition) is 5. The second-order valence-corrected chi connectivity index (χ2v) is 12.8. The van der Waals surface area contributed by atoms with Crippen LogP contribution in [0.3, 0.4) is 0 Å². The van der Waals surface area contributed by atoms with E-state index in [0.717, 1.165) is 56.0 Å². The molecule has 47 heavy (non-hydrogen) atoms. The lowest BCUT2D eigenvalue weighted by molar-refractivity contribution is 0.590. The minimum Gasteiger partial charge on any atom is -0.436 e. The molecule has 5 heteroatoms. The van der Waals surface area contributed by atoms with Gasteiger partial charge in [-0.15, -0.1) is 0 Å². The van der Waals surface area contributed by atoms with E-state index in [-0.39, 0.29) is 5.41 Å². The molecular weight excluding hydrogens is 578 g/mol. The molecule has 0 N–H and O–H groups in total. The van der Waals surface area contributed by atoms with Crippen molar-refractivity contribution in [3.8, 4) is 34.0 Å². The van der Waals surface area contributed by atoms with E-state index in [1.165, 1.54) is 11.1 Å². The van der Waals surface area contributed by atoms with Crippen LogP contribution in [0.5, 0.6) is 0 Å². The summed E-state index contributed by atoms with van der Waals surface area (Å²) >= 11 is 0. The number of benzene rings is 6. The quantitative estimate of drug-likeness (QED) is 0.187. The molecule has 0 aliphatic rings. The van der Waals surface area contributed by atoms with Crippen molar-refractivity contribution in [2.45, 2.75) is 26.2 Å². The van der Waals surface area contributed by atoms with Gasteiger partial charge in [0, 0.05) is 34.3 Å². The normalized spacial score (nSPS) is 11.7. The third-order valence-electron chi connectivity index (χ3n) is 8.51. The van der Waals surface area contributed by atoms with E-state index in [1.807, 2.05) is 72.8 Å². The molecule has 0 atom stereocenters. The molecule has 0 aliphatic heterocycles. The highest BCUT2D eigenvalue weighted by Crippen LogP contribution is 2.39. The van der Waals surface area contributed by atoms with Gasteiger partial charge in [0.15, 0.2) is 11.2 Å². The van der Waals surface area contributed by atoms with Crippen LogP contribution in [0.25, 0.3) is 56.2 Å². The van der Waals surface area contributed by atoms with Gasteiger partial charge in [-0.2, -0.15) is 0 Å². The number of oxazole rings is 2. The van der Waals surface area contributed by atoms with Crippen molar-refractivity contribution in [2.75, 3.05) is 4.90 Å². The molecule has 5 nitrogen and oxygen atoms in total. The lowest BCUT2D eigenvalue weighted by Gasteiger charge is -2.26. The molecule has 2 heterocycles. The first-order chi connectivity index (χ1) is 22.9. The summed E-state index contributed by atoms with van der Waals surface area (Å²) in [5, 5.41) is 0. The summed E-state index contributed by atoms with van der Waals surface area (Å²) in [7, 11) is 0. The van der Waals surface area contributed by atoms with Gasteiger partial charge in [0.25, 0.3) is 0 Å². The fraction of sp³-hybridized carbons (Fsp3) is 0.0952. The first-order valence-electron chi connectivity index (χ1n) is 15.8. The second kappa shape index (κ2) is 11.5. The highest BCUT2D eigenvalue weighted by Gasteiger charge is 2.18. The van der Waals surface area contributed by atoms with E-state index < -0.39 is 0 Å². The molecule has 0 aliphatic carbocycles. The largest absolute Gasteiger partial charge is 0.436 e. The van der Waals surface area contributed by atoms with E-state index in [2.05, 4.69) is 98.5 Å². The second-order valence-electron chi connectivity index (χ2n) is 12.8. The predicted molar refractivity (Wildman–Crippen MR) is 191 cm³/mol. The Bertz CT molecular complexity index is 2290. The van der Waals surface area contributed by atoms with Gasteiger partial charge in [0.05, 0.1) is 0 Å². The van der Waals surface area contributed by atoms with E-state index in [9.17, 15) is 0 Å². The summed E-state index contributed by atoms with van der Waals surface area (Å²) in [5.74, 6) is 1.18. The van der Waals surface area contributed by atoms with Crippen molar-refractivity contribution in [3.63, 3.8) is 0 Å².